The van der Waals surface area contributed by atoms with Crippen molar-refractivity contribution < 1.29 is 4.74 Å². The number of ether oxygens (including phenoxy) is 1. The van der Waals surface area contributed by atoms with Crippen molar-refractivity contribution in [3.05, 3.63) is 47.8 Å². The van der Waals surface area contributed by atoms with Gasteiger partial charge in [-0.3, -0.25) is 9.88 Å². The van der Waals surface area contributed by atoms with Crippen LogP contribution < -0.4 is 0 Å². The van der Waals surface area contributed by atoms with Crippen LogP contribution in [0.2, 0.25) is 0 Å². The van der Waals surface area contributed by atoms with Crippen molar-refractivity contribution in [3.63, 3.8) is 0 Å². The highest BCUT2D eigenvalue weighted by atomic mass is 16.5. The summed E-state index contributed by atoms with van der Waals surface area (Å²) < 4.78 is 8.54. The van der Waals surface area contributed by atoms with Gasteiger partial charge in [0.25, 0.3) is 0 Å². The monoisotopic (exact) mass is 352 g/mol. The van der Waals surface area contributed by atoms with E-state index < -0.39 is 0 Å². The fourth-order valence-corrected chi connectivity index (χ4v) is 4.06. The number of hydrogen-bond acceptors (Lipinski definition) is 4. The van der Waals surface area contributed by atoms with Crippen molar-refractivity contribution in [3.8, 4) is 0 Å². The minimum absolute atomic E-state index is 0.419. The lowest BCUT2D eigenvalue weighted by atomic mass is 9.98. The molecule has 1 aliphatic heterocycles. The Morgan fingerprint density at radius 1 is 1.04 bits per heavy atom. The largest absolute Gasteiger partial charge is 0.380 e. The minimum atomic E-state index is 0.419. The van der Waals surface area contributed by atoms with Gasteiger partial charge >= 0.3 is 0 Å². The molecule has 26 heavy (non-hydrogen) atoms. The Labute approximate surface area is 155 Å². The first-order valence-corrected chi connectivity index (χ1v) is 10.1. The van der Waals surface area contributed by atoms with Crippen LogP contribution in [-0.2, 0) is 24.4 Å². The number of hydrogen-bond donors (Lipinski definition) is 0. The minimum Gasteiger partial charge on any atom is -0.380 e. The zero-order valence-electron chi connectivity index (χ0n) is 15.4. The third kappa shape index (κ3) is 3.84. The van der Waals surface area contributed by atoms with Crippen LogP contribution in [0.15, 0.2) is 30.7 Å². The summed E-state index contributed by atoms with van der Waals surface area (Å²) in [5.74, 6) is 2.11. The first-order valence-electron chi connectivity index (χ1n) is 10.1. The Bertz CT molecular complexity index is 736. The molecule has 138 valence electrons. The molecule has 0 aromatic carbocycles. The van der Waals surface area contributed by atoms with Crippen LogP contribution in [0.3, 0.4) is 0 Å². The van der Waals surface area contributed by atoms with Crippen LogP contribution >= 0.6 is 0 Å². The molecule has 5 nitrogen and oxygen atoms in total. The molecule has 0 unspecified atom stereocenters. The van der Waals surface area contributed by atoms with E-state index in [1.54, 1.807) is 0 Å². The van der Waals surface area contributed by atoms with Gasteiger partial charge in [-0.15, -0.1) is 0 Å². The summed E-state index contributed by atoms with van der Waals surface area (Å²) in [5, 5.41) is 0. The second-order valence-corrected chi connectivity index (χ2v) is 8.34. The number of imidazole rings is 1. The molecule has 3 heterocycles. The van der Waals surface area contributed by atoms with Gasteiger partial charge in [-0.25, -0.2) is 4.98 Å². The lowest BCUT2D eigenvalue weighted by Crippen LogP contribution is -2.36. The molecule has 2 saturated carbocycles. The summed E-state index contributed by atoms with van der Waals surface area (Å²) in [6, 6.07) is 6.16. The predicted molar refractivity (Wildman–Crippen MR) is 99.6 cm³/mol. The highest BCUT2D eigenvalue weighted by Crippen LogP contribution is 2.35. The smallest absolute Gasteiger partial charge is 0.0952 e. The van der Waals surface area contributed by atoms with Gasteiger partial charge in [0.1, 0.15) is 0 Å². The zero-order valence-corrected chi connectivity index (χ0v) is 15.4. The van der Waals surface area contributed by atoms with E-state index in [1.165, 1.54) is 37.1 Å². The molecule has 0 bridgehead atoms. The molecule has 2 fully saturated rings. The van der Waals surface area contributed by atoms with E-state index in [4.69, 9.17) is 9.72 Å². The quantitative estimate of drug-likeness (QED) is 0.732. The van der Waals surface area contributed by atoms with E-state index in [0.29, 0.717) is 5.92 Å². The van der Waals surface area contributed by atoms with Crippen molar-refractivity contribution in [1.82, 2.24) is 19.4 Å². The molecule has 0 amide bonds. The molecule has 5 heteroatoms. The van der Waals surface area contributed by atoms with E-state index in [0.717, 1.165) is 56.9 Å². The van der Waals surface area contributed by atoms with Gasteiger partial charge in [-0.1, -0.05) is 6.07 Å². The molecule has 1 atom stereocenters. The first-order chi connectivity index (χ1) is 12.8. The van der Waals surface area contributed by atoms with Gasteiger partial charge in [0.2, 0.25) is 0 Å². The number of fused-ring (bicyclic) bond motifs is 1. The molecule has 0 saturated heterocycles. The number of rotatable bonds is 8. The average molecular weight is 352 g/mol. The lowest BCUT2D eigenvalue weighted by molar-refractivity contribution is 0.0860. The van der Waals surface area contributed by atoms with E-state index in [1.807, 2.05) is 12.3 Å². The van der Waals surface area contributed by atoms with E-state index in [9.17, 15) is 0 Å². The molecular formula is C21H28N4O. The topological polar surface area (TPSA) is 43.2 Å². The summed E-state index contributed by atoms with van der Waals surface area (Å²) in [4.78, 5) is 11.8. The van der Waals surface area contributed by atoms with Gasteiger partial charge in [0, 0.05) is 50.6 Å². The summed E-state index contributed by atoms with van der Waals surface area (Å²) in [6.45, 7) is 5.73. The molecule has 2 aliphatic carbocycles. The Kier molecular flexibility index (Phi) is 4.51. The standard InChI is InChI=1S/C21H28N4O/c1-2-8-22-19(3-1)11-24-10-18(14-26-13-17-6-7-17)21-20(12-24)23-15-25(21)9-16-4-5-16/h1-3,8,15-18H,4-7,9-14H2/t18-/m1/s1. The molecular weight excluding hydrogens is 324 g/mol. The Balaban J connectivity index is 1.32. The Hall–Kier alpha value is -1.72. The highest BCUT2D eigenvalue weighted by molar-refractivity contribution is 5.23. The van der Waals surface area contributed by atoms with Crippen LogP contribution in [0, 0.1) is 11.8 Å². The molecule has 5 rings (SSSR count). The van der Waals surface area contributed by atoms with Crippen LogP contribution in [0.5, 0.6) is 0 Å². The average Bonchev–Trinajstić information content (AvgIpc) is 3.57. The van der Waals surface area contributed by atoms with Crippen molar-refractivity contribution in [2.24, 2.45) is 11.8 Å². The Morgan fingerprint density at radius 3 is 2.69 bits per heavy atom. The van der Waals surface area contributed by atoms with Gasteiger partial charge in [0.15, 0.2) is 0 Å². The number of aromatic nitrogens is 3. The van der Waals surface area contributed by atoms with Crippen molar-refractivity contribution in [2.75, 3.05) is 19.8 Å². The van der Waals surface area contributed by atoms with Gasteiger partial charge in [-0.05, 0) is 49.7 Å². The molecule has 0 radical (unpaired) electrons. The third-order valence-electron chi connectivity index (χ3n) is 5.83. The normalized spacial score (nSPS) is 23.2. The van der Waals surface area contributed by atoms with Gasteiger partial charge < -0.3 is 9.30 Å². The summed E-state index contributed by atoms with van der Waals surface area (Å²) in [5.41, 5.74) is 3.81. The molecule has 2 aromatic rings. The van der Waals surface area contributed by atoms with Crippen LogP contribution in [-0.4, -0.2) is 39.2 Å². The summed E-state index contributed by atoms with van der Waals surface area (Å²) in [6.07, 6.45) is 9.40. The maximum absolute atomic E-state index is 6.11. The SMILES string of the molecule is c1ccc(CN2Cc3ncn(CC4CC4)c3[C@@H](COCC3CC3)C2)nc1. The highest BCUT2D eigenvalue weighted by Gasteiger charge is 2.32. The maximum atomic E-state index is 6.11. The maximum Gasteiger partial charge on any atom is 0.0952 e. The number of nitrogens with zero attached hydrogens (tertiary/aromatic N) is 4. The third-order valence-corrected chi connectivity index (χ3v) is 5.83. The fraction of sp³-hybridized carbons (Fsp3) is 0.619. The van der Waals surface area contributed by atoms with E-state index in [-0.39, 0.29) is 0 Å². The summed E-state index contributed by atoms with van der Waals surface area (Å²) >= 11 is 0. The zero-order chi connectivity index (χ0) is 17.3. The number of pyridine rings is 1. The van der Waals surface area contributed by atoms with Crippen LogP contribution in [0.4, 0.5) is 0 Å². The Morgan fingerprint density at radius 2 is 1.92 bits per heavy atom. The lowest BCUT2D eigenvalue weighted by Gasteiger charge is -2.33. The van der Waals surface area contributed by atoms with Gasteiger partial charge in [0.05, 0.1) is 24.3 Å². The van der Waals surface area contributed by atoms with E-state index >= 15 is 0 Å². The van der Waals surface area contributed by atoms with Gasteiger partial charge in [-0.2, -0.15) is 0 Å². The van der Waals surface area contributed by atoms with Crippen molar-refractivity contribution in [1.29, 1.82) is 0 Å². The van der Waals surface area contributed by atoms with Crippen molar-refractivity contribution >= 4 is 0 Å². The van der Waals surface area contributed by atoms with Crippen LogP contribution in [0.25, 0.3) is 0 Å². The summed E-state index contributed by atoms with van der Waals surface area (Å²) in [7, 11) is 0. The first kappa shape index (κ1) is 16.5. The second kappa shape index (κ2) is 7.12. The van der Waals surface area contributed by atoms with Crippen molar-refractivity contribution in [2.45, 2.75) is 51.2 Å². The molecule has 0 spiro atoms. The molecule has 2 aromatic heterocycles. The van der Waals surface area contributed by atoms with Crippen LogP contribution in [0.1, 0.15) is 48.7 Å². The van der Waals surface area contributed by atoms with E-state index in [2.05, 4.69) is 32.9 Å². The predicted octanol–water partition coefficient (Wildman–Crippen LogP) is 3.21. The fourth-order valence-electron chi connectivity index (χ4n) is 4.06. The second-order valence-electron chi connectivity index (χ2n) is 8.34. The molecule has 0 N–H and O–H groups in total. The molecule has 3 aliphatic rings.